The number of hydrogen-bond acceptors (Lipinski definition) is 2. The number of hydrogen-bond donors (Lipinski definition) is 1. The van der Waals surface area contributed by atoms with E-state index in [2.05, 4.69) is 15.9 Å². The van der Waals surface area contributed by atoms with Crippen LogP contribution in [0.4, 0.5) is 0 Å². The highest BCUT2D eigenvalue weighted by Gasteiger charge is 2.12. The normalized spacial score (nSPS) is 11.2. The van der Waals surface area contributed by atoms with Crippen molar-refractivity contribution >= 4 is 62.0 Å². The van der Waals surface area contributed by atoms with Crippen LogP contribution >= 0.6 is 51.1 Å². The van der Waals surface area contributed by atoms with Gasteiger partial charge in [0.25, 0.3) is 0 Å². The summed E-state index contributed by atoms with van der Waals surface area (Å²) in [5, 5.41) is 12.2. The van der Waals surface area contributed by atoms with Crippen LogP contribution in [0.5, 0.6) is 5.75 Å². The largest absolute Gasteiger partial charge is 0.505 e. The van der Waals surface area contributed by atoms with Gasteiger partial charge in [-0.05, 0) is 54.8 Å². The number of fused-ring (bicyclic) bond motifs is 1. The van der Waals surface area contributed by atoms with Gasteiger partial charge in [-0.25, -0.2) is 0 Å². The monoisotopic (exact) mass is 401 g/mol. The molecule has 0 amide bonds. The summed E-state index contributed by atoms with van der Waals surface area (Å²) >= 11 is 16.9. The van der Waals surface area contributed by atoms with Crippen molar-refractivity contribution in [3.05, 3.63) is 56.6 Å². The van der Waals surface area contributed by atoms with E-state index in [1.165, 1.54) is 11.9 Å². The van der Waals surface area contributed by atoms with Crippen LogP contribution in [-0.4, -0.2) is 9.08 Å². The number of aryl methyl sites for hydroxylation is 1. The molecular weight excluding hydrogens is 393 g/mol. The van der Waals surface area contributed by atoms with Crippen molar-refractivity contribution in [3.63, 3.8) is 0 Å². The summed E-state index contributed by atoms with van der Waals surface area (Å²) in [4.78, 5) is 0.682. The Balaban J connectivity index is 2.11. The Morgan fingerprint density at radius 3 is 2.71 bits per heavy atom. The minimum atomic E-state index is 0.0818. The van der Waals surface area contributed by atoms with Crippen LogP contribution in [0.2, 0.25) is 10.0 Å². The Labute approximate surface area is 144 Å². The second-order valence-corrected chi connectivity index (χ2v) is 7.40. The highest BCUT2D eigenvalue weighted by molar-refractivity contribution is 9.10. The van der Waals surface area contributed by atoms with Gasteiger partial charge in [-0.2, -0.15) is 0 Å². The van der Waals surface area contributed by atoms with Crippen LogP contribution in [0, 0.1) is 6.92 Å². The van der Waals surface area contributed by atoms with E-state index in [9.17, 15) is 5.11 Å². The van der Waals surface area contributed by atoms with Crippen LogP contribution in [0.15, 0.2) is 45.9 Å². The van der Waals surface area contributed by atoms with Crippen molar-refractivity contribution in [3.8, 4) is 5.75 Å². The summed E-state index contributed by atoms with van der Waals surface area (Å²) in [6, 6.07) is 9.27. The molecule has 0 aliphatic carbocycles. The van der Waals surface area contributed by atoms with Gasteiger partial charge in [0, 0.05) is 21.1 Å². The van der Waals surface area contributed by atoms with Gasteiger partial charge in [-0.1, -0.05) is 39.1 Å². The third kappa shape index (κ3) is 2.90. The molecule has 3 aromatic rings. The van der Waals surface area contributed by atoms with E-state index < -0.39 is 0 Å². The smallest absolute Gasteiger partial charge is 0.149 e. The number of benzene rings is 2. The van der Waals surface area contributed by atoms with E-state index in [-0.39, 0.29) is 5.75 Å². The minimum absolute atomic E-state index is 0.0818. The summed E-state index contributed by atoms with van der Waals surface area (Å²) in [7, 11) is 0. The van der Waals surface area contributed by atoms with E-state index in [1.54, 1.807) is 6.07 Å². The molecule has 0 spiro atoms. The number of halogens is 3. The van der Waals surface area contributed by atoms with E-state index in [1.807, 2.05) is 41.4 Å². The van der Waals surface area contributed by atoms with Crippen molar-refractivity contribution in [1.29, 1.82) is 0 Å². The Morgan fingerprint density at radius 1 is 1.19 bits per heavy atom. The zero-order valence-corrected chi connectivity index (χ0v) is 14.8. The molecule has 1 N–H and O–H groups in total. The lowest BCUT2D eigenvalue weighted by Crippen LogP contribution is -1.86. The topological polar surface area (TPSA) is 25.2 Å². The van der Waals surface area contributed by atoms with Crippen LogP contribution in [-0.2, 0) is 0 Å². The Hall–Kier alpha value is -0.810. The Morgan fingerprint density at radius 2 is 1.95 bits per heavy atom. The first-order chi connectivity index (χ1) is 9.95. The van der Waals surface area contributed by atoms with Gasteiger partial charge in [0.2, 0.25) is 0 Å². The molecule has 1 aromatic heterocycles. The van der Waals surface area contributed by atoms with Gasteiger partial charge in [0.05, 0.1) is 15.4 Å². The predicted octanol–water partition coefficient (Wildman–Crippen LogP) is 6.28. The van der Waals surface area contributed by atoms with Gasteiger partial charge in [0.1, 0.15) is 5.75 Å². The second kappa shape index (κ2) is 5.76. The molecule has 0 fully saturated rings. The third-order valence-electron chi connectivity index (χ3n) is 3.12. The molecule has 0 aliphatic rings. The number of nitrogens with zero attached hydrogens (tertiary/aromatic N) is 1. The van der Waals surface area contributed by atoms with Crippen LogP contribution in [0.1, 0.15) is 5.56 Å². The van der Waals surface area contributed by atoms with Gasteiger partial charge >= 0.3 is 0 Å². The van der Waals surface area contributed by atoms with Crippen LogP contribution in [0.3, 0.4) is 0 Å². The Kier molecular flexibility index (Phi) is 4.14. The highest BCUT2D eigenvalue weighted by atomic mass is 79.9. The molecule has 3 rings (SSSR count). The molecule has 2 aromatic carbocycles. The number of aromatic hydroxyl groups is 1. The number of aromatic nitrogens is 1. The van der Waals surface area contributed by atoms with Crippen molar-refractivity contribution in [2.75, 3.05) is 0 Å². The van der Waals surface area contributed by atoms with Crippen LogP contribution < -0.4 is 0 Å². The second-order valence-electron chi connectivity index (χ2n) is 4.63. The number of phenols is 1. The van der Waals surface area contributed by atoms with Crippen molar-refractivity contribution in [1.82, 2.24) is 3.97 Å². The molecule has 0 atom stereocenters. The molecule has 0 radical (unpaired) electrons. The summed E-state index contributed by atoms with van der Waals surface area (Å²) in [6.07, 6.45) is 2.01. The number of phenolic OH excluding ortho intramolecular Hbond substituents is 1. The van der Waals surface area contributed by atoms with Gasteiger partial charge in [-0.15, -0.1) is 0 Å². The van der Waals surface area contributed by atoms with E-state index in [0.29, 0.717) is 14.9 Å². The predicted molar refractivity (Wildman–Crippen MR) is 93.8 cm³/mol. The summed E-state index contributed by atoms with van der Waals surface area (Å²) in [6.45, 7) is 2.03. The third-order valence-corrected chi connectivity index (χ3v) is 5.11. The first-order valence-corrected chi connectivity index (χ1v) is 8.41. The van der Waals surface area contributed by atoms with E-state index in [4.69, 9.17) is 23.2 Å². The maximum atomic E-state index is 10.1. The number of rotatable bonds is 2. The zero-order valence-electron chi connectivity index (χ0n) is 10.9. The molecule has 2 nitrogen and oxygen atoms in total. The van der Waals surface area contributed by atoms with Crippen molar-refractivity contribution in [2.24, 2.45) is 0 Å². The summed E-state index contributed by atoms with van der Waals surface area (Å²) in [5.74, 6) is 0.0818. The van der Waals surface area contributed by atoms with Crippen molar-refractivity contribution in [2.45, 2.75) is 11.8 Å². The fourth-order valence-electron chi connectivity index (χ4n) is 2.12. The summed E-state index contributed by atoms with van der Waals surface area (Å²) in [5.41, 5.74) is 2.16. The maximum Gasteiger partial charge on any atom is 0.149 e. The fraction of sp³-hybridized carbons (Fsp3) is 0.0667. The molecule has 0 aliphatic heterocycles. The molecule has 6 heteroatoms. The standard InChI is InChI=1S/C15H10BrCl2NOS/c1-8-7-19(13-3-2-10(17)6-11(8)13)21-14-5-9(16)4-12(18)15(14)20/h2-7,20H,1H3. The quantitative estimate of drug-likeness (QED) is 0.545. The average molecular weight is 403 g/mol. The van der Waals surface area contributed by atoms with E-state index >= 15 is 0 Å². The Bertz CT molecular complexity index is 847. The van der Waals surface area contributed by atoms with Gasteiger partial charge in [-0.3, -0.25) is 3.97 Å². The average Bonchev–Trinajstić information content (AvgIpc) is 2.72. The molecule has 0 saturated carbocycles. The first-order valence-electron chi connectivity index (χ1n) is 6.09. The van der Waals surface area contributed by atoms with Crippen LogP contribution in [0.25, 0.3) is 10.9 Å². The molecule has 0 saturated heterocycles. The maximum absolute atomic E-state index is 10.1. The lowest BCUT2D eigenvalue weighted by Gasteiger charge is -2.08. The highest BCUT2D eigenvalue weighted by Crippen LogP contribution is 2.40. The van der Waals surface area contributed by atoms with Gasteiger partial charge < -0.3 is 5.11 Å². The first kappa shape index (κ1) is 15.1. The molecule has 21 heavy (non-hydrogen) atoms. The minimum Gasteiger partial charge on any atom is -0.505 e. The fourth-order valence-corrected chi connectivity index (χ4v) is 4.37. The van der Waals surface area contributed by atoms with E-state index in [0.717, 1.165) is 20.9 Å². The SMILES string of the molecule is Cc1cn(Sc2cc(Br)cc(Cl)c2O)c2ccc(Cl)cc12. The zero-order chi connectivity index (χ0) is 15.1. The lowest BCUT2D eigenvalue weighted by atomic mass is 10.2. The molecular formula is C15H10BrCl2NOS. The lowest BCUT2D eigenvalue weighted by molar-refractivity contribution is 0.462. The molecule has 0 unspecified atom stereocenters. The molecule has 1 heterocycles. The van der Waals surface area contributed by atoms with Gasteiger partial charge in [0.15, 0.2) is 0 Å². The van der Waals surface area contributed by atoms with Crippen molar-refractivity contribution < 1.29 is 5.11 Å². The molecule has 0 bridgehead atoms. The molecule has 108 valence electrons. The summed E-state index contributed by atoms with van der Waals surface area (Å²) < 4.78 is 2.82.